The summed E-state index contributed by atoms with van der Waals surface area (Å²) < 4.78 is 5.57. The molecule has 94 valence electrons. The smallest absolute Gasteiger partial charge is 0.124 e. The van der Waals surface area contributed by atoms with Crippen LogP contribution >= 0.6 is 0 Å². The van der Waals surface area contributed by atoms with Crippen LogP contribution in [0.4, 0.5) is 0 Å². The van der Waals surface area contributed by atoms with E-state index in [0.29, 0.717) is 6.04 Å². The van der Waals surface area contributed by atoms with E-state index in [9.17, 15) is 0 Å². The number of nitrogens with one attached hydrogen (secondary N) is 1. The summed E-state index contributed by atoms with van der Waals surface area (Å²) >= 11 is 0. The maximum atomic E-state index is 5.57. The molecular formula is C16H19NO. The lowest BCUT2D eigenvalue weighted by Gasteiger charge is -2.25. The Hall–Kier alpha value is -1.54. The molecule has 1 aliphatic heterocycles. The van der Waals surface area contributed by atoms with Crippen LogP contribution in [0.2, 0.25) is 0 Å². The highest BCUT2D eigenvalue weighted by Crippen LogP contribution is 2.33. The minimum Gasteiger partial charge on any atom is -0.496 e. The van der Waals surface area contributed by atoms with Crippen molar-refractivity contribution >= 4 is 10.8 Å². The number of hydrogen-bond donors (Lipinski definition) is 1. The van der Waals surface area contributed by atoms with E-state index in [1.165, 1.54) is 35.6 Å². The zero-order chi connectivity index (χ0) is 12.4. The van der Waals surface area contributed by atoms with E-state index in [2.05, 4.69) is 41.7 Å². The third-order valence-corrected chi connectivity index (χ3v) is 3.78. The second kappa shape index (κ2) is 4.99. The van der Waals surface area contributed by atoms with E-state index in [-0.39, 0.29) is 0 Å². The molecule has 0 bridgehead atoms. The molecular weight excluding hydrogens is 222 g/mol. The highest BCUT2D eigenvalue weighted by atomic mass is 16.5. The van der Waals surface area contributed by atoms with Crippen molar-refractivity contribution in [3.8, 4) is 5.75 Å². The normalized spacial score (nSPS) is 19.9. The topological polar surface area (TPSA) is 21.3 Å². The Balaban J connectivity index is 2.08. The molecule has 1 aliphatic rings. The Morgan fingerprint density at radius 3 is 2.56 bits per heavy atom. The number of hydrogen-bond acceptors (Lipinski definition) is 2. The largest absolute Gasteiger partial charge is 0.496 e. The Labute approximate surface area is 108 Å². The first-order valence-electron chi connectivity index (χ1n) is 6.68. The van der Waals surface area contributed by atoms with Gasteiger partial charge in [-0.2, -0.15) is 0 Å². The van der Waals surface area contributed by atoms with Gasteiger partial charge in [-0.3, -0.25) is 0 Å². The summed E-state index contributed by atoms with van der Waals surface area (Å²) in [4.78, 5) is 0. The van der Waals surface area contributed by atoms with Crippen LogP contribution in [0.25, 0.3) is 10.8 Å². The van der Waals surface area contributed by atoms with Gasteiger partial charge in [0.1, 0.15) is 5.75 Å². The Bertz CT molecular complexity index is 544. The third-order valence-electron chi connectivity index (χ3n) is 3.78. The molecule has 1 unspecified atom stereocenters. The molecule has 2 aromatic rings. The maximum Gasteiger partial charge on any atom is 0.124 e. The molecule has 3 rings (SSSR count). The van der Waals surface area contributed by atoms with Gasteiger partial charge in [-0.25, -0.2) is 0 Å². The number of piperidine rings is 1. The Kier molecular flexibility index (Phi) is 3.20. The summed E-state index contributed by atoms with van der Waals surface area (Å²) in [5.74, 6) is 1.01. The van der Waals surface area contributed by atoms with Crippen molar-refractivity contribution in [3.63, 3.8) is 0 Å². The highest BCUT2D eigenvalue weighted by Gasteiger charge is 2.18. The van der Waals surface area contributed by atoms with Crippen molar-refractivity contribution in [2.75, 3.05) is 13.7 Å². The predicted molar refractivity (Wildman–Crippen MR) is 75.1 cm³/mol. The first kappa shape index (κ1) is 11.5. The van der Waals surface area contributed by atoms with Gasteiger partial charge in [0.2, 0.25) is 0 Å². The van der Waals surface area contributed by atoms with Gasteiger partial charge in [0, 0.05) is 11.6 Å². The lowest BCUT2D eigenvalue weighted by Crippen LogP contribution is -2.27. The first-order valence-corrected chi connectivity index (χ1v) is 6.68. The predicted octanol–water partition coefficient (Wildman–Crippen LogP) is 3.66. The molecule has 0 aromatic heterocycles. The number of methoxy groups -OCH3 is 1. The molecule has 1 saturated heterocycles. The Morgan fingerprint density at radius 2 is 1.89 bits per heavy atom. The second-order valence-electron chi connectivity index (χ2n) is 4.94. The van der Waals surface area contributed by atoms with Gasteiger partial charge in [-0.15, -0.1) is 0 Å². The van der Waals surface area contributed by atoms with Gasteiger partial charge in [-0.05, 0) is 42.3 Å². The van der Waals surface area contributed by atoms with Crippen LogP contribution in [0.5, 0.6) is 5.75 Å². The van der Waals surface area contributed by atoms with Gasteiger partial charge >= 0.3 is 0 Å². The van der Waals surface area contributed by atoms with Crippen LogP contribution in [0.1, 0.15) is 30.9 Å². The molecule has 0 aliphatic carbocycles. The fourth-order valence-corrected chi connectivity index (χ4v) is 2.80. The average Bonchev–Trinajstić information content (AvgIpc) is 2.46. The molecule has 0 saturated carbocycles. The minimum absolute atomic E-state index is 0.443. The van der Waals surface area contributed by atoms with E-state index in [1.54, 1.807) is 7.11 Å². The van der Waals surface area contributed by atoms with Gasteiger partial charge in [-0.1, -0.05) is 30.7 Å². The van der Waals surface area contributed by atoms with Gasteiger partial charge in [0.25, 0.3) is 0 Å². The highest BCUT2D eigenvalue weighted by molar-refractivity contribution is 5.85. The van der Waals surface area contributed by atoms with Crippen molar-refractivity contribution in [3.05, 3.63) is 42.0 Å². The first-order chi connectivity index (χ1) is 8.88. The third kappa shape index (κ3) is 2.08. The van der Waals surface area contributed by atoms with Crippen LogP contribution in [-0.2, 0) is 0 Å². The van der Waals surface area contributed by atoms with Gasteiger partial charge < -0.3 is 10.1 Å². The zero-order valence-electron chi connectivity index (χ0n) is 10.8. The number of rotatable bonds is 2. The molecule has 0 spiro atoms. The summed E-state index contributed by atoms with van der Waals surface area (Å²) in [6, 6.07) is 13.3. The molecule has 18 heavy (non-hydrogen) atoms. The van der Waals surface area contributed by atoms with E-state index in [0.717, 1.165) is 12.3 Å². The monoisotopic (exact) mass is 241 g/mol. The summed E-state index contributed by atoms with van der Waals surface area (Å²) in [5, 5.41) is 6.13. The van der Waals surface area contributed by atoms with E-state index in [4.69, 9.17) is 4.74 Å². The Morgan fingerprint density at radius 1 is 1.11 bits per heavy atom. The van der Waals surface area contributed by atoms with Gasteiger partial charge in [0.15, 0.2) is 0 Å². The molecule has 2 nitrogen and oxygen atoms in total. The second-order valence-corrected chi connectivity index (χ2v) is 4.94. The molecule has 1 N–H and O–H groups in total. The fraction of sp³-hybridized carbons (Fsp3) is 0.375. The van der Waals surface area contributed by atoms with Crippen molar-refractivity contribution in [1.82, 2.24) is 5.32 Å². The zero-order valence-corrected chi connectivity index (χ0v) is 10.8. The molecule has 1 fully saturated rings. The molecule has 1 atom stereocenters. The molecule has 2 aromatic carbocycles. The van der Waals surface area contributed by atoms with Crippen molar-refractivity contribution in [2.45, 2.75) is 25.3 Å². The van der Waals surface area contributed by atoms with Crippen LogP contribution in [0.15, 0.2) is 36.4 Å². The molecule has 2 heteroatoms. The van der Waals surface area contributed by atoms with Crippen LogP contribution < -0.4 is 10.1 Å². The number of benzene rings is 2. The minimum atomic E-state index is 0.443. The average molecular weight is 241 g/mol. The standard InChI is InChI=1S/C16H19NO/c1-18-16-11-13-7-3-2-6-12(13)10-14(16)15-8-4-5-9-17-15/h2-3,6-7,10-11,15,17H,4-5,8-9H2,1H3. The van der Waals surface area contributed by atoms with Crippen LogP contribution in [0, 0.1) is 0 Å². The summed E-state index contributed by atoms with van der Waals surface area (Å²) in [6.45, 7) is 1.11. The lowest BCUT2D eigenvalue weighted by molar-refractivity contribution is 0.374. The van der Waals surface area contributed by atoms with Crippen LogP contribution in [-0.4, -0.2) is 13.7 Å². The molecule has 1 heterocycles. The number of fused-ring (bicyclic) bond motifs is 1. The SMILES string of the molecule is COc1cc2ccccc2cc1C1CCCCN1. The van der Waals surface area contributed by atoms with Crippen molar-refractivity contribution in [2.24, 2.45) is 0 Å². The van der Waals surface area contributed by atoms with Crippen molar-refractivity contribution in [1.29, 1.82) is 0 Å². The lowest BCUT2D eigenvalue weighted by atomic mass is 9.94. The molecule has 0 amide bonds. The quantitative estimate of drug-likeness (QED) is 0.866. The number of ether oxygens (including phenoxy) is 1. The molecule has 0 radical (unpaired) electrons. The fourth-order valence-electron chi connectivity index (χ4n) is 2.80. The van der Waals surface area contributed by atoms with E-state index < -0.39 is 0 Å². The van der Waals surface area contributed by atoms with E-state index >= 15 is 0 Å². The van der Waals surface area contributed by atoms with Crippen LogP contribution in [0.3, 0.4) is 0 Å². The maximum absolute atomic E-state index is 5.57. The summed E-state index contributed by atoms with van der Waals surface area (Å²) in [6.07, 6.45) is 3.79. The summed E-state index contributed by atoms with van der Waals surface area (Å²) in [5.41, 5.74) is 1.30. The van der Waals surface area contributed by atoms with Crippen molar-refractivity contribution < 1.29 is 4.74 Å². The summed E-state index contributed by atoms with van der Waals surface area (Å²) in [7, 11) is 1.76. The van der Waals surface area contributed by atoms with E-state index in [1.807, 2.05) is 0 Å². The van der Waals surface area contributed by atoms with Gasteiger partial charge in [0.05, 0.1) is 7.11 Å².